The maximum Gasteiger partial charge on any atom is 0.254 e. The van der Waals surface area contributed by atoms with Crippen molar-refractivity contribution in [3.05, 3.63) is 89.0 Å². The van der Waals surface area contributed by atoms with Gasteiger partial charge >= 0.3 is 0 Å². The van der Waals surface area contributed by atoms with Crippen molar-refractivity contribution < 1.29 is 14.3 Å². The normalized spacial score (nSPS) is 17.8. The Morgan fingerprint density at radius 2 is 1.71 bits per heavy atom. The first-order chi connectivity index (χ1) is 16.5. The molecule has 178 valence electrons. The van der Waals surface area contributed by atoms with Crippen LogP contribution in [0.1, 0.15) is 39.9 Å². The first-order valence-corrected chi connectivity index (χ1v) is 11.9. The molecule has 34 heavy (non-hydrogen) atoms. The van der Waals surface area contributed by atoms with Crippen LogP contribution in [0.25, 0.3) is 0 Å². The molecule has 1 heterocycles. The topological polar surface area (TPSA) is 50.8 Å². The molecule has 1 fully saturated rings. The first-order valence-electron chi connectivity index (χ1n) is 11.9. The summed E-state index contributed by atoms with van der Waals surface area (Å²) >= 11 is 0. The van der Waals surface area contributed by atoms with E-state index in [-0.39, 0.29) is 18.0 Å². The van der Waals surface area contributed by atoms with E-state index in [4.69, 9.17) is 9.47 Å². The van der Waals surface area contributed by atoms with Crippen molar-refractivity contribution in [3.8, 4) is 11.5 Å². The lowest BCUT2D eigenvalue weighted by Gasteiger charge is -2.40. The summed E-state index contributed by atoms with van der Waals surface area (Å²) in [5.74, 6) is 1.64. The number of nitrogens with one attached hydrogen (secondary N) is 1. The molecule has 0 bridgehead atoms. The van der Waals surface area contributed by atoms with Gasteiger partial charge in [-0.15, -0.1) is 0 Å². The zero-order chi connectivity index (χ0) is 24.1. The minimum Gasteiger partial charge on any atom is -0.497 e. The van der Waals surface area contributed by atoms with Crippen molar-refractivity contribution in [1.29, 1.82) is 0 Å². The van der Waals surface area contributed by atoms with Crippen LogP contribution in [0, 0.1) is 13.8 Å². The fourth-order valence-corrected chi connectivity index (χ4v) is 4.93. The molecule has 0 saturated carbocycles. The van der Waals surface area contributed by atoms with E-state index in [9.17, 15) is 4.79 Å². The van der Waals surface area contributed by atoms with E-state index < -0.39 is 0 Å². The Morgan fingerprint density at radius 3 is 2.38 bits per heavy atom. The van der Waals surface area contributed by atoms with E-state index in [1.165, 1.54) is 5.56 Å². The number of likely N-dealkylation sites (tertiary alicyclic amines) is 1. The van der Waals surface area contributed by atoms with Crippen LogP contribution in [0.4, 0.5) is 5.69 Å². The molecule has 3 aromatic carbocycles. The lowest BCUT2D eigenvalue weighted by molar-refractivity contribution is 0.0602. The summed E-state index contributed by atoms with van der Waals surface area (Å²) < 4.78 is 10.9. The molecule has 0 radical (unpaired) electrons. The molecule has 1 amide bonds. The molecule has 5 nitrogen and oxygen atoms in total. The number of amides is 1. The van der Waals surface area contributed by atoms with Crippen molar-refractivity contribution in [2.45, 2.75) is 45.2 Å². The molecular formula is C29H34N2O3. The van der Waals surface area contributed by atoms with Crippen LogP contribution < -0.4 is 14.8 Å². The summed E-state index contributed by atoms with van der Waals surface area (Å²) in [7, 11) is 3.32. The fraction of sp³-hybridized carbons (Fsp3) is 0.345. The van der Waals surface area contributed by atoms with Gasteiger partial charge in [0.2, 0.25) is 0 Å². The zero-order valence-electron chi connectivity index (χ0n) is 20.5. The van der Waals surface area contributed by atoms with Gasteiger partial charge in [0, 0.05) is 30.3 Å². The molecule has 1 aliphatic rings. The maximum absolute atomic E-state index is 13.6. The van der Waals surface area contributed by atoms with E-state index in [1.54, 1.807) is 14.2 Å². The minimum absolute atomic E-state index is 0.103. The summed E-state index contributed by atoms with van der Waals surface area (Å²) in [5, 5.41) is 3.67. The monoisotopic (exact) mass is 458 g/mol. The number of methoxy groups -OCH3 is 2. The molecular weight excluding hydrogens is 424 g/mol. The number of aryl methyl sites for hydroxylation is 2. The van der Waals surface area contributed by atoms with E-state index in [0.29, 0.717) is 6.54 Å². The number of carbonyl (C=O) groups is 1. The van der Waals surface area contributed by atoms with Gasteiger partial charge in [-0.3, -0.25) is 4.79 Å². The van der Waals surface area contributed by atoms with Crippen molar-refractivity contribution >= 4 is 11.6 Å². The SMILES string of the molecule is COc1ccc(N[C@H]2CCN(C(=O)c3cc(C)cc(C)c3)[C@H](Cc3ccccc3)C2)c(OC)c1. The summed E-state index contributed by atoms with van der Waals surface area (Å²) in [4.78, 5) is 15.7. The number of ether oxygens (including phenoxy) is 2. The van der Waals surface area contributed by atoms with Crippen LogP contribution in [0.3, 0.4) is 0 Å². The lowest BCUT2D eigenvalue weighted by atomic mass is 9.91. The third kappa shape index (κ3) is 5.53. The second-order valence-corrected chi connectivity index (χ2v) is 9.15. The highest BCUT2D eigenvalue weighted by molar-refractivity contribution is 5.95. The van der Waals surface area contributed by atoms with Crippen LogP contribution in [0.2, 0.25) is 0 Å². The fourth-order valence-electron chi connectivity index (χ4n) is 4.93. The summed E-state index contributed by atoms with van der Waals surface area (Å²) in [6.45, 7) is 4.80. The van der Waals surface area contributed by atoms with Gasteiger partial charge in [-0.2, -0.15) is 0 Å². The van der Waals surface area contributed by atoms with Crippen molar-refractivity contribution in [3.63, 3.8) is 0 Å². The lowest BCUT2D eigenvalue weighted by Crippen LogP contribution is -2.50. The minimum atomic E-state index is 0.103. The molecule has 0 spiro atoms. The molecule has 3 aromatic rings. The van der Waals surface area contributed by atoms with Gasteiger partial charge in [0.15, 0.2) is 0 Å². The highest BCUT2D eigenvalue weighted by Crippen LogP contribution is 2.32. The Morgan fingerprint density at radius 1 is 0.971 bits per heavy atom. The zero-order valence-corrected chi connectivity index (χ0v) is 20.5. The molecule has 0 unspecified atom stereocenters. The number of benzene rings is 3. The van der Waals surface area contributed by atoms with Gasteiger partial charge in [-0.1, -0.05) is 47.5 Å². The number of anilines is 1. The molecule has 1 saturated heterocycles. The molecule has 0 aromatic heterocycles. The van der Waals surface area contributed by atoms with Gasteiger partial charge < -0.3 is 19.7 Å². The summed E-state index contributed by atoms with van der Waals surface area (Å²) in [5.41, 5.74) is 5.20. The van der Waals surface area contributed by atoms with Crippen LogP contribution in [-0.4, -0.2) is 43.7 Å². The largest absolute Gasteiger partial charge is 0.497 e. The van der Waals surface area contributed by atoms with E-state index in [2.05, 4.69) is 40.5 Å². The Labute approximate surface area is 202 Å². The Hall–Kier alpha value is -3.47. The number of nitrogens with zero attached hydrogens (tertiary/aromatic N) is 1. The predicted molar refractivity (Wildman–Crippen MR) is 137 cm³/mol. The second-order valence-electron chi connectivity index (χ2n) is 9.15. The van der Waals surface area contributed by atoms with E-state index in [0.717, 1.165) is 53.1 Å². The Balaban J connectivity index is 1.56. The molecule has 5 heteroatoms. The second kappa shape index (κ2) is 10.6. The van der Waals surface area contributed by atoms with E-state index >= 15 is 0 Å². The summed E-state index contributed by atoms with van der Waals surface area (Å²) in [6.07, 6.45) is 2.56. The number of hydrogen-bond acceptors (Lipinski definition) is 4. The quantitative estimate of drug-likeness (QED) is 0.497. The summed E-state index contributed by atoms with van der Waals surface area (Å²) in [6, 6.07) is 22.7. The average Bonchev–Trinajstić information content (AvgIpc) is 2.84. The highest BCUT2D eigenvalue weighted by atomic mass is 16.5. The standard InChI is InChI=1S/C29H34N2O3/c1-20-14-21(2)16-23(15-20)29(32)31-13-12-24(18-25(31)17-22-8-6-5-7-9-22)30-27-11-10-26(33-3)19-28(27)34-4/h5-11,14-16,19,24-25,30H,12-13,17-18H2,1-4H3/t24-,25+/m0/s1. The van der Waals surface area contributed by atoms with Gasteiger partial charge in [0.1, 0.15) is 11.5 Å². The molecule has 0 aliphatic carbocycles. The molecule has 2 atom stereocenters. The van der Waals surface area contributed by atoms with Crippen LogP contribution >= 0.6 is 0 Å². The number of carbonyl (C=O) groups excluding carboxylic acids is 1. The third-order valence-electron chi connectivity index (χ3n) is 6.53. The van der Waals surface area contributed by atoms with Gasteiger partial charge in [0.05, 0.1) is 19.9 Å². The van der Waals surface area contributed by atoms with E-state index in [1.807, 2.05) is 50.2 Å². The van der Waals surface area contributed by atoms with Crippen LogP contribution in [0.15, 0.2) is 66.7 Å². The van der Waals surface area contributed by atoms with Crippen molar-refractivity contribution in [2.24, 2.45) is 0 Å². The molecule has 1 N–H and O–H groups in total. The van der Waals surface area contributed by atoms with Crippen LogP contribution in [-0.2, 0) is 6.42 Å². The average molecular weight is 459 g/mol. The van der Waals surface area contributed by atoms with Gasteiger partial charge in [0.25, 0.3) is 5.91 Å². The smallest absolute Gasteiger partial charge is 0.254 e. The first kappa shape index (κ1) is 23.7. The molecule has 4 rings (SSSR count). The highest BCUT2D eigenvalue weighted by Gasteiger charge is 2.32. The number of piperidine rings is 1. The number of hydrogen-bond donors (Lipinski definition) is 1. The van der Waals surface area contributed by atoms with Crippen molar-refractivity contribution in [2.75, 3.05) is 26.1 Å². The van der Waals surface area contributed by atoms with Gasteiger partial charge in [-0.25, -0.2) is 0 Å². The van der Waals surface area contributed by atoms with Gasteiger partial charge in [-0.05, 0) is 62.9 Å². The van der Waals surface area contributed by atoms with Crippen molar-refractivity contribution in [1.82, 2.24) is 4.90 Å². The predicted octanol–water partition coefficient (Wildman–Crippen LogP) is 5.65. The maximum atomic E-state index is 13.6. The Bertz CT molecular complexity index is 1110. The van der Waals surface area contributed by atoms with Crippen LogP contribution in [0.5, 0.6) is 11.5 Å². The third-order valence-corrected chi connectivity index (χ3v) is 6.53. The number of rotatable bonds is 7. The Kier molecular flexibility index (Phi) is 7.41. The molecule has 1 aliphatic heterocycles.